The summed E-state index contributed by atoms with van der Waals surface area (Å²) in [4.78, 5) is 38.1. The minimum Gasteiger partial charge on any atom is -0.481 e. The molecule has 0 bridgehead atoms. The molecule has 0 radical (unpaired) electrons. The third-order valence-electron chi connectivity index (χ3n) is 5.02. The Hall–Kier alpha value is -2.64. The monoisotopic (exact) mass is 447 g/mol. The van der Waals surface area contributed by atoms with Crippen molar-refractivity contribution in [3.63, 3.8) is 0 Å². The molecule has 1 aromatic heterocycles. The largest absolute Gasteiger partial charge is 0.481 e. The van der Waals surface area contributed by atoms with Crippen molar-refractivity contribution >= 4 is 45.8 Å². The van der Waals surface area contributed by atoms with E-state index in [0.717, 1.165) is 10.4 Å². The number of nitrogens with one attached hydrogen (secondary N) is 1. The number of hydrogen-bond donors (Lipinski definition) is 2. The summed E-state index contributed by atoms with van der Waals surface area (Å²) in [7, 11) is 0. The molecule has 0 spiro atoms. The zero-order valence-electron chi connectivity index (χ0n) is 16.6. The number of aliphatic carboxylic acids is 1. The number of thiophene rings is 1. The van der Waals surface area contributed by atoms with Gasteiger partial charge in [0.2, 0.25) is 5.91 Å². The van der Waals surface area contributed by atoms with Gasteiger partial charge in [0.25, 0.3) is 0 Å². The lowest BCUT2D eigenvalue weighted by Gasteiger charge is -2.24. The van der Waals surface area contributed by atoms with Crippen LogP contribution in [-0.2, 0) is 14.3 Å². The van der Waals surface area contributed by atoms with Crippen molar-refractivity contribution in [2.45, 2.75) is 26.7 Å². The van der Waals surface area contributed by atoms with Crippen LogP contribution < -0.4 is 5.32 Å². The van der Waals surface area contributed by atoms with Crippen LogP contribution >= 0.6 is 22.9 Å². The normalized spacial score (nSPS) is 18.1. The van der Waals surface area contributed by atoms with Crippen LogP contribution in [0.3, 0.4) is 0 Å². The van der Waals surface area contributed by atoms with E-state index >= 15 is 0 Å². The maximum atomic E-state index is 12.9. The molecule has 1 aromatic carbocycles. The van der Waals surface area contributed by atoms with Crippen molar-refractivity contribution in [2.24, 2.45) is 11.8 Å². The van der Waals surface area contributed by atoms with Crippen LogP contribution in [0, 0.1) is 18.8 Å². The van der Waals surface area contributed by atoms with Gasteiger partial charge < -0.3 is 15.2 Å². The summed E-state index contributed by atoms with van der Waals surface area (Å²) >= 11 is 7.26. The van der Waals surface area contributed by atoms with Crippen LogP contribution in [0.4, 0.5) is 5.00 Å². The van der Waals surface area contributed by atoms with E-state index in [2.05, 4.69) is 5.32 Å². The molecule has 1 heterocycles. The van der Waals surface area contributed by atoms with E-state index in [1.165, 1.54) is 11.3 Å². The lowest BCUT2D eigenvalue weighted by atomic mass is 9.82. The highest BCUT2D eigenvalue weighted by molar-refractivity contribution is 7.17. The number of ether oxygens (including phenoxy) is 1. The SMILES string of the molecule is CCOC(=O)c1c(NC(=O)[C@@H]2CC=CC[C@@H]2C(=O)O)sc(C)c1-c1ccc(Cl)cc1. The molecular formula is C22H22ClNO5S. The van der Waals surface area contributed by atoms with Gasteiger partial charge in [0.1, 0.15) is 10.6 Å². The Kier molecular flexibility index (Phi) is 6.95. The fraction of sp³-hybridized carbons (Fsp3) is 0.318. The van der Waals surface area contributed by atoms with Crippen LogP contribution in [0.1, 0.15) is 35.0 Å². The van der Waals surface area contributed by atoms with Gasteiger partial charge in [-0.25, -0.2) is 4.79 Å². The van der Waals surface area contributed by atoms with Crippen LogP contribution in [-0.4, -0.2) is 29.6 Å². The second-order valence-corrected chi connectivity index (χ2v) is 8.61. The Morgan fingerprint density at radius 1 is 1.17 bits per heavy atom. The van der Waals surface area contributed by atoms with Gasteiger partial charge in [-0.15, -0.1) is 11.3 Å². The number of esters is 1. The van der Waals surface area contributed by atoms with Crippen molar-refractivity contribution in [1.29, 1.82) is 0 Å². The number of halogens is 1. The molecule has 30 heavy (non-hydrogen) atoms. The molecule has 2 N–H and O–H groups in total. The summed E-state index contributed by atoms with van der Waals surface area (Å²) in [6.45, 7) is 3.76. The molecule has 0 fully saturated rings. The van der Waals surface area contributed by atoms with Crippen molar-refractivity contribution in [2.75, 3.05) is 11.9 Å². The molecular weight excluding hydrogens is 426 g/mol. The van der Waals surface area contributed by atoms with Crippen molar-refractivity contribution < 1.29 is 24.2 Å². The summed E-state index contributed by atoms with van der Waals surface area (Å²) in [5.41, 5.74) is 1.72. The Balaban J connectivity index is 2.00. The highest BCUT2D eigenvalue weighted by Crippen LogP contribution is 2.41. The van der Waals surface area contributed by atoms with Crippen molar-refractivity contribution in [1.82, 2.24) is 0 Å². The predicted octanol–water partition coefficient (Wildman–Crippen LogP) is 5.16. The van der Waals surface area contributed by atoms with E-state index in [1.54, 1.807) is 37.3 Å². The number of rotatable bonds is 6. The third kappa shape index (κ3) is 4.57. The molecule has 3 rings (SSSR count). The average molecular weight is 448 g/mol. The fourth-order valence-electron chi connectivity index (χ4n) is 3.58. The summed E-state index contributed by atoms with van der Waals surface area (Å²) in [6.07, 6.45) is 4.24. The van der Waals surface area contributed by atoms with Crippen LogP contribution in [0.5, 0.6) is 0 Å². The van der Waals surface area contributed by atoms with E-state index in [4.69, 9.17) is 16.3 Å². The first-order valence-electron chi connectivity index (χ1n) is 9.58. The molecule has 1 aliphatic carbocycles. The van der Waals surface area contributed by atoms with E-state index < -0.39 is 29.7 Å². The lowest BCUT2D eigenvalue weighted by molar-refractivity contribution is -0.146. The minimum atomic E-state index is -1.01. The van der Waals surface area contributed by atoms with Crippen LogP contribution in [0.15, 0.2) is 36.4 Å². The van der Waals surface area contributed by atoms with Gasteiger partial charge in [-0.2, -0.15) is 0 Å². The van der Waals surface area contributed by atoms with Gasteiger partial charge in [-0.1, -0.05) is 35.9 Å². The predicted molar refractivity (Wildman–Crippen MR) is 117 cm³/mol. The van der Waals surface area contributed by atoms with Crippen molar-refractivity contribution in [3.8, 4) is 11.1 Å². The Morgan fingerprint density at radius 3 is 2.40 bits per heavy atom. The third-order valence-corrected chi connectivity index (χ3v) is 6.29. The Morgan fingerprint density at radius 2 is 1.80 bits per heavy atom. The number of carbonyl (C=O) groups is 3. The van der Waals surface area contributed by atoms with Gasteiger partial charge in [0.15, 0.2) is 0 Å². The van der Waals surface area contributed by atoms with Gasteiger partial charge in [0.05, 0.1) is 18.4 Å². The minimum absolute atomic E-state index is 0.190. The molecule has 0 unspecified atom stereocenters. The van der Waals surface area contributed by atoms with E-state index in [1.807, 2.05) is 13.0 Å². The highest BCUT2D eigenvalue weighted by Gasteiger charge is 2.35. The second kappa shape index (κ2) is 9.45. The first kappa shape index (κ1) is 22.1. The topological polar surface area (TPSA) is 92.7 Å². The molecule has 6 nitrogen and oxygen atoms in total. The molecule has 8 heteroatoms. The Bertz CT molecular complexity index is 996. The lowest BCUT2D eigenvalue weighted by Crippen LogP contribution is -2.34. The molecule has 158 valence electrons. The second-order valence-electron chi connectivity index (χ2n) is 6.95. The Labute approximate surface area is 183 Å². The standard InChI is InChI=1S/C22H22ClNO5S/c1-3-29-22(28)18-17(13-8-10-14(23)11-9-13)12(2)30-20(18)24-19(25)15-6-4-5-7-16(15)21(26)27/h4-5,8-11,15-16H,3,6-7H2,1-2H3,(H,24,25)(H,26,27)/t15-,16+/m1/s1. The summed E-state index contributed by atoms with van der Waals surface area (Å²) in [6, 6.07) is 7.07. The van der Waals surface area contributed by atoms with E-state index in [9.17, 15) is 19.5 Å². The number of aryl methyl sites for hydroxylation is 1. The molecule has 1 aliphatic rings. The average Bonchev–Trinajstić information content (AvgIpc) is 3.04. The van der Waals surface area contributed by atoms with Crippen LogP contribution in [0.2, 0.25) is 5.02 Å². The molecule has 0 aliphatic heterocycles. The van der Waals surface area contributed by atoms with Gasteiger partial charge >= 0.3 is 11.9 Å². The fourth-order valence-corrected chi connectivity index (χ4v) is 4.77. The number of carboxylic acids is 1. The van der Waals surface area contributed by atoms with Gasteiger partial charge in [-0.3, -0.25) is 9.59 Å². The molecule has 1 amide bonds. The smallest absolute Gasteiger partial charge is 0.341 e. The zero-order valence-corrected chi connectivity index (χ0v) is 18.2. The number of carbonyl (C=O) groups excluding carboxylic acids is 2. The van der Waals surface area contributed by atoms with Crippen molar-refractivity contribution in [3.05, 3.63) is 51.9 Å². The number of amides is 1. The number of carboxylic acid groups (broad SMARTS) is 1. The molecule has 0 saturated heterocycles. The van der Waals surface area contributed by atoms with E-state index in [-0.39, 0.29) is 12.2 Å². The quantitative estimate of drug-likeness (QED) is 0.471. The first-order chi connectivity index (χ1) is 14.3. The van der Waals surface area contributed by atoms with E-state index in [0.29, 0.717) is 28.4 Å². The molecule has 0 saturated carbocycles. The summed E-state index contributed by atoms with van der Waals surface area (Å²) < 4.78 is 5.24. The number of hydrogen-bond acceptors (Lipinski definition) is 5. The molecule has 2 atom stereocenters. The summed E-state index contributed by atoms with van der Waals surface area (Å²) in [5, 5.41) is 13.2. The maximum Gasteiger partial charge on any atom is 0.341 e. The zero-order chi connectivity index (χ0) is 21.8. The maximum absolute atomic E-state index is 12.9. The number of benzene rings is 1. The van der Waals surface area contributed by atoms with Gasteiger partial charge in [0, 0.05) is 15.5 Å². The van der Waals surface area contributed by atoms with Gasteiger partial charge in [-0.05, 0) is 44.4 Å². The molecule has 2 aromatic rings. The summed E-state index contributed by atoms with van der Waals surface area (Å²) in [5.74, 6) is -3.46. The van der Waals surface area contributed by atoms with Crippen LogP contribution in [0.25, 0.3) is 11.1 Å². The first-order valence-corrected chi connectivity index (χ1v) is 10.8. The number of anilines is 1. The number of allylic oxidation sites excluding steroid dienone is 2. The highest BCUT2D eigenvalue weighted by atomic mass is 35.5.